The summed E-state index contributed by atoms with van der Waals surface area (Å²) in [6, 6.07) is 16.7. The second kappa shape index (κ2) is 7.79. The average Bonchev–Trinajstić information content (AvgIpc) is 3.19. The molecule has 0 bridgehead atoms. The van der Waals surface area contributed by atoms with Crippen LogP contribution in [0.1, 0.15) is 30.4 Å². The minimum atomic E-state index is 0.336. The average molecular weight is 346 g/mol. The zero-order valence-corrected chi connectivity index (χ0v) is 15.1. The molecule has 134 valence electrons. The number of aromatic amines is 1. The minimum Gasteiger partial charge on any atom is -0.506 e. The Kier molecular flexibility index (Phi) is 5.07. The van der Waals surface area contributed by atoms with E-state index in [1.807, 2.05) is 6.20 Å². The molecule has 3 heteroatoms. The Balaban J connectivity index is 1.26. The van der Waals surface area contributed by atoms with Crippen molar-refractivity contribution in [2.24, 2.45) is 0 Å². The number of benzene rings is 2. The number of phenols is 1. The van der Waals surface area contributed by atoms with E-state index in [9.17, 15) is 5.11 Å². The molecule has 3 aromatic rings. The first-order valence-electron chi connectivity index (χ1n) is 9.56. The van der Waals surface area contributed by atoms with Gasteiger partial charge in [0.2, 0.25) is 0 Å². The first-order valence-corrected chi connectivity index (χ1v) is 9.56. The fraction of sp³-hybridized carbons (Fsp3) is 0.304. The van der Waals surface area contributed by atoms with Gasteiger partial charge in [0.05, 0.1) is 5.52 Å². The van der Waals surface area contributed by atoms with Gasteiger partial charge in [-0.2, -0.15) is 0 Å². The van der Waals surface area contributed by atoms with Gasteiger partial charge < -0.3 is 10.1 Å². The number of nitrogens with one attached hydrogen (secondary N) is 1. The Morgan fingerprint density at radius 2 is 1.88 bits per heavy atom. The van der Waals surface area contributed by atoms with Gasteiger partial charge in [-0.3, -0.25) is 4.90 Å². The maximum absolute atomic E-state index is 9.89. The van der Waals surface area contributed by atoms with E-state index in [-0.39, 0.29) is 0 Å². The third kappa shape index (κ3) is 3.68. The van der Waals surface area contributed by atoms with Crippen molar-refractivity contribution in [3.63, 3.8) is 0 Å². The van der Waals surface area contributed by atoms with E-state index in [1.54, 1.807) is 6.07 Å². The smallest absolute Gasteiger partial charge is 0.139 e. The molecule has 0 spiro atoms. The molecule has 2 N–H and O–H groups in total. The first-order chi connectivity index (χ1) is 12.8. The predicted octanol–water partition coefficient (Wildman–Crippen LogP) is 4.99. The van der Waals surface area contributed by atoms with Gasteiger partial charge in [0.1, 0.15) is 5.75 Å². The summed E-state index contributed by atoms with van der Waals surface area (Å²) in [6.07, 6.45) is 8.89. The van der Waals surface area contributed by atoms with Crippen molar-refractivity contribution in [3.8, 4) is 5.75 Å². The number of nitrogens with zero attached hydrogens (tertiary/aromatic N) is 1. The summed E-state index contributed by atoms with van der Waals surface area (Å²) in [6.45, 7) is 3.38. The van der Waals surface area contributed by atoms with Crippen LogP contribution in [0.2, 0.25) is 0 Å². The molecule has 1 aliphatic rings. The van der Waals surface area contributed by atoms with Crippen molar-refractivity contribution in [3.05, 3.63) is 71.9 Å². The van der Waals surface area contributed by atoms with Crippen LogP contribution in [0.15, 0.2) is 60.8 Å². The third-order valence-corrected chi connectivity index (χ3v) is 5.40. The number of hydrogen-bond donors (Lipinski definition) is 2. The van der Waals surface area contributed by atoms with E-state index in [2.05, 4.69) is 58.4 Å². The predicted molar refractivity (Wildman–Crippen MR) is 108 cm³/mol. The molecule has 1 aromatic heterocycles. The Labute approximate surface area is 155 Å². The van der Waals surface area contributed by atoms with E-state index in [0.717, 1.165) is 43.4 Å². The summed E-state index contributed by atoms with van der Waals surface area (Å²) in [5, 5.41) is 11.0. The molecule has 0 radical (unpaired) electrons. The summed E-state index contributed by atoms with van der Waals surface area (Å²) >= 11 is 0. The van der Waals surface area contributed by atoms with Crippen LogP contribution in [0, 0.1) is 0 Å². The molecule has 0 atom stereocenters. The zero-order valence-electron chi connectivity index (χ0n) is 15.1. The maximum atomic E-state index is 9.89. The number of H-pyrrole nitrogens is 1. The molecule has 2 aromatic carbocycles. The van der Waals surface area contributed by atoms with E-state index >= 15 is 0 Å². The highest BCUT2D eigenvalue weighted by Crippen LogP contribution is 2.27. The lowest BCUT2D eigenvalue weighted by atomic mass is 9.99. The molecule has 26 heavy (non-hydrogen) atoms. The molecule has 2 heterocycles. The number of rotatable bonds is 6. The lowest BCUT2D eigenvalue weighted by Crippen LogP contribution is -2.29. The molecule has 0 unspecified atom stereocenters. The molecular weight excluding hydrogens is 320 g/mol. The van der Waals surface area contributed by atoms with Gasteiger partial charge in [0.25, 0.3) is 0 Å². The Hall–Kier alpha value is -2.52. The summed E-state index contributed by atoms with van der Waals surface area (Å²) in [5.41, 5.74) is 5.04. The Morgan fingerprint density at radius 1 is 1.00 bits per heavy atom. The maximum Gasteiger partial charge on any atom is 0.139 e. The fourth-order valence-electron chi connectivity index (χ4n) is 3.90. The van der Waals surface area contributed by atoms with E-state index < -0.39 is 0 Å². The normalized spacial score (nSPS) is 15.3. The van der Waals surface area contributed by atoms with Crippen LogP contribution in [0.5, 0.6) is 5.75 Å². The molecule has 0 aliphatic carbocycles. The summed E-state index contributed by atoms with van der Waals surface area (Å²) < 4.78 is 0. The van der Waals surface area contributed by atoms with Gasteiger partial charge >= 0.3 is 0 Å². The number of phenolic OH excluding ortho intramolecular Hbond substituents is 1. The number of aromatic hydroxyl groups is 1. The van der Waals surface area contributed by atoms with Gasteiger partial charge in [0, 0.05) is 24.7 Å². The second-order valence-electron chi connectivity index (χ2n) is 7.11. The van der Waals surface area contributed by atoms with Crippen molar-refractivity contribution in [1.29, 1.82) is 0 Å². The monoisotopic (exact) mass is 346 g/mol. The SMILES string of the molecule is Oc1ccc(CCCCN2CC=C(c3ccccc3)CC2)c2cc[nH]c12. The molecule has 0 amide bonds. The number of hydrogen-bond acceptors (Lipinski definition) is 2. The minimum absolute atomic E-state index is 0.336. The van der Waals surface area contributed by atoms with Gasteiger partial charge in [-0.05, 0) is 61.1 Å². The van der Waals surface area contributed by atoms with Crippen molar-refractivity contribution >= 4 is 16.5 Å². The largest absolute Gasteiger partial charge is 0.506 e. The van der Waals surface area contributed by atoms with Gasteiger partial charge in [-0.15, -0.1) is 0 Å². The van der Waals surface area contributed by atoms with Crippen LogP contribution >= 0.6 is 0 Å². The van der Waals surface area contributed by atoms with Crippen molar-refractivity contribution in [2.75, 3.05) is 19.6 Å². The number of aromatic nitrogens is 1. The molecule has 3 nitrogen and oxygen atoms in total. The first kappa shape index (κ1) is 16.9. The summed E-state index contributed by atoms with van der Waals surface area (Å²) in [7, 11) is 0. The highest BCUT2D eigenvalue weighted by atomic mass is 16.3. The van der Waals surface area contributed by atoms with Crippen LogP contribution in [-0.2, 0) is 6.42 Å². The highest BCUT2D eigenvalue weighted by Gasteiger charge is 2.12. The molecule has 4 rings (SSSR count). The molecular formula is C23H26N2O. The third-order valence-electron chi connectivity index (χ3n) is 5.40. The standard InChI is InChI=1S/C23H26N2O/c26-22-10-9-20(21-11-14-24-23(21)22)8-4-5-15-25-16-12-19(13-17-25)18-6-2-1-3-7-18/h1-3,6-7,9-12,14,24,26H,4-5,8,13,15-17H2. The van der Waals surface area contributed by atoms with Crippen LogP contribution in [0.3, 0.4) is 0 Å². The lowest BCUT2D eigenvalue weighted by molar-refractivity contribution is 0.295. The van der Waals surface area contributed by atoms with Crippen LogP contribution < -0.4 is 0 Å². The van der Waals surface area contributed by atoms with Gasteiger partial charge in [-0.1, -0.05) is 42.5 Å². The number of aryl methyl sites for hydroxylation is 1. The Morgan fingerprint density at radius 3 is 2.69 bits per heavy atom. The Bertz CT molecular complexity index is 895. The number of fused-ring (bicyclic) bond motifs is 1. The molecule has 1 aliphatic heterocycles. The topological polar surface area (TPSA) is 39.3 Å². The lowest BCUT2D eigenvalue weighted by Gasteiger charge is -2.26. The van der Waals surface area contributed by atoms with Gasteiger partial charge in [0.15, 0.2) is 0 Å². The second-order valence-corrected chi connectivity index (χ2v) is 7.11. The molecule has 0 fully saturated rings. The number of unbranched alkanes of at least 4 members (excludes halogenated alkanes) is 1. The fourth-order valence-corrected chi connectivity index (χ4v) is 3.90. The van der Waals surface area contributed by atoms with Gasteiger partial charge in [-0.25, -0.2) is 0 Å². The van der Waals surface area contributed by atoms with E-state index in [4.69, 9.17) is 0 Å². The van der Waals surface area contributed by atoms with E-state index in [0.29, 0.717) is 5.75 Å². The summed E-state index contributed by atoms with van der Waals surface area (Å²) in [5.74, 6) is 0.336. The summed E-state index contributed by atoms with van der Waals surface area (Å²) in [4.78, 5) is 5.67. The quantitative estimate of drug-likeness (QED) is 0.618. The zero-order chi connectivity index (χ0) is 17.8. The molecule has 0 saturated heterocycles. The van der Waals surface area contributed by atoms with Crippen LogP contribution in [-0.4, -0.2) is 34.6 Å². The van der Waals surface area contributed by atoms with E-state index in [1.165, 1.54) is 29.5 Å². The van der Waals surface area contributed by atoms with Crippen LogP contribution in [0.25, 0.3) is 16.5 Å². The van der Waals surface area contributed by atoms with Crippen LogP contribution in [0.4, 0.5) is 0 Å². The highest BCUT2D eigenvalue weighted by molar-refractivity contribution is 5.87. The van der Waals surface area contributed by atoms with Crippen molar-refractivity contribution < 1.29 is 5.11 Å². The van der Waals surface area contributed by atoms with Crippen molar-refractivity contribution in [1.82, 2.24) is 9.88 Å². The molecule has 0 saturated carbocycles. The van der Waals surface area contributed by atoms with Crippen molar-refractivity contribution in [2.45, 2.75) is 25.7 Å².